The first kappa shape index (κ1) is 13.2. The summed E-state index contributed by atoms with van der Waals surface area (Å²) in [6.45, 7) is 3.65. The lowest BCUT2D eigenvalue weighted by molar-refractivity contribution is 0.0774. The fourth-order valence-electron chi connectivity index (χ4n) is 2.38. The van der Waals surface area contributed by atoms with Crippen LogP contribution < -0.4 is 0 Å². The van der Waals surface area contributed by atoms with Gasteiger partial charge in [0.15, 0.2) is 10.8 Å². The van der Waals surface area contributed by atoms with E-state index in [0.717, 1.165) is 13.1 Å². The molecule has 1 aromatic rings. The van der Waals surface area contributed by atoms with Gasteiger partial charge in [-0.1, -0.05) is 18.5 Å². The number of rotatable bonds is 2. The zero-order chi connectivity index (χ0) is 13.3. The van der Waals surface area contributed by atoms with Crippen molar-refractivity contribution >= 4 is 17.5 Å². The van der Waals surface area contributed by atoms with Crippen molar-refractivity contribution in [1.29, 1.82) is 0 Å². The number of nitrogens with zero attached hydrogens (tertiary/aromatic N) is 4. The van der Waals surface area contributed by atoms with Crippen LogP contribution in [0, 0.1) is 5.92 Å². The zero-order valence-corrected chi connectivity index (χ0v) is 11.6. The Labute approximate surface area is 112 Å². The SMILES string of the molecule is CC1CN(C(=O)c2ccc(Cl)nn2)CC1N(C)C. The van der Waals surface area contributed by atoms with E-state index in [0.29, 0.717) is 22.8 Å². The monoisotopic (exact) mass is 268 g/mol. The Kier molecular flexibility index (Phi) is 3.82. The topological polar surface area (TPSA) is 49.3 Å². The lowest BCUT2D eigenvalue weighted by Gasteiger charge is -2.22. The van der Waals surface area contributed by atoms with Gasteiger partial charge in [0.25, 0.3) is 5.91 Å². The van der Waals surface area contributed by atoms with Crippen molar-refractivity contribution in [1.82, 2.24) is 20.0 Å². The fraction of sp³-hybridized carbons (Fsp3) is 0.583. The first-order valence-corrected chi connectivity index (χ1v) is 6.31. The van der Waals surface area contributed by atoms with Crippen LogP contribution in [0.1, 0.15) is 17.4 Å². The smallest absolute Gasteiger partial charge is 0.274 e. The third kappa shape index (κ3) is 2.62. The zero-order valence-electron chi connectivity index (χ0n) is 10.8. The molecule has 6 heteroatoms. The van der Waals surface area contributed by atoms with Gasteiger partial charge in [-0.3, -0.25) is 4.79 Å². The molecule has 0 bridgehead atoms. The van der Waals surface area contributed by atoms with Crippen LogP contribution >= 0.6 is 11.6 Å². The van der Waals surface area contributed by atoms with Crippen LogP contribution in [0.25, 0.3) is 0 Å². The largest absolute Gasteiger partial charge is 0.335 e. The summed E-state index contributed by atoms with van der Waals surface area (Å²) in [6.07, 6.45) is 0. The van der Waals surface area contributed by atoms with E-state index in [4.69, 9.17) is 11.6 Å². The number of likely N-dealkylation sites (tertiary alicyclic amines) is 1. The number of aromatic nitrogens is 2. The van der Waals surface area contributed by atoms with E-state index in [-0.39, 0.29) is 5.91 Å². The maximum atomic E-state index is 12.2. The number of hydrogen-bond donors (Lipinski definition) is 0. The number of halogens is 1. The summed E-state index contributed by atoms with van der Waals surface area (Å²) in [6, 6.07) is 3.60. The maximum Gasteiger partial charge on any atom is 0.274 e. The average molecular weight is 269 g/mol. The van der Waals surface area contributed by atoms with Gasteiger partial charge in [0.2, 0.25) is 0 Å². The van der Waals surface area contributed by atoms with Crippen molar-refractivity contribution in [2.75, 3.05) is 27.2 Å². The van der Waals surface area contributed by atoms with E-state index >= 15 is 0 Å². The molecule has 0 N–H and O–H groups in total. The Balaban J connectivity index is 2.09. The van der Waals surface area contributed by atoms with Gasteiger partial charge in [-0.2, -0.15) is 0 Å². The minimum absolute atomic E-state index is 0.0737. The number of carbonyl (C=O) groups is 1. The van der Waals surface area contributed by atoms with Crippen molar-refractivity contribution in [3.63, 3.8) is 0 Å². The lowest BCUT2D eigenvalue weighted by Crippen LogP contribution is -2.36. The second-order valence-electron chi connectivity index (χ2n) is 4.96. The molecule has 2 atom stereocenters. The molecule has 2 unspecified atom stereocenters. The molecular weight excluding hydrogens is 252 g/mol. The van der Waals surface area contributed by atoms with Gasteiger partial charge < -0.3 is 9.80 Å². The molecule has 1 saturated heterocycles. The highest BCUT2D eigenvalue weighted by Crippen LogP contribution is 2.21. The first-order valence-electron chi connectivity index (χ1n) is 5.94. The second kappa shape index (κ2) is 5.20. The van der Waals surface area contributed by atoms with Crippen LogP contribution in [0.5, 0.6) is 0 Å². The van der Waals surface area contributed by atoms with E-state index in [1.807, 2.05) is 19.0 Å². The van der Waals surface area contributed by atoms with Crippen LogP contribution in [-0.2, 0) is 0 Å². The van der Waals surface area contributed by atoms with Crippen molar-refractivity contribution in [2.24, 2.45) is 5.92 Å². The Morgan fingerprint density at radius 1 is 1.39 bits per heavy atom. The summed E-state index contributed by atoms with van der Waals surface area (Å²) in [7, 11) is 4.08. The molecule has 0 aliphatic carbocycles. The summed E-state index contributed by atoms with van der Waals surface area (Å²) in [5.41, 5.74) is 0.353. The Hall–Kier alpha value is -1.20. The van der Waals surface area contributed by atoms with E-state index in [2.05, 4.69) is 22.0 Å². The third-order valence-electron chi connectivity index (χ3n) is 3.37. The second-order valence-corrected chi connectivity index (χ2v) is 5.35. The molecule has 1 aliphatic heterocycles. The molecule has 0 aromatic carbocycles. The predicted octanol–water partition coefficient (Wildman–Crippen LogP) is 1.15. The summed E-state index contributed by atoms with van der Waals surface area (Å²) in [5.74, 6) is 0.388. The molecule has 5 nitrogen and oxygen atoms in total. The van der Waals surface area contributed by atoms with Crippen LogP contribution in [0.4, 0.5) is 0 Å². The molecule has 98 valence electrons. The van der Waals surface area contributed by atoms with Crippen LogP contribution in [-0.4, -0.2) is 59.1 Å². The molecular formula is C12H17ClN4O. The normalized spacial score (nSPS) is 23.7. The van der Waals surface area contributed by atoms with Crippen molar-refractivity contribution in [3.8, 4) is 0 Å². The number of amides is 1. The molecule has 0 spiro atoms. The molecule has 1 fully saturated rings. The molecule has 1 aliphatic rings. The van der Waals surface area contributed by atoms with Crippen molar-refractivity contribution in [3.05, 3.63) is 23.0 Å². The van der Waals surface area contributed by atoms with Crippen molar-refractivity contribution < 1.29 is 4.79 Å². The summed E-state index contributed by atoms with van der Waals surface area (Å²) >= 11 is 5.66. The molecule has 0 saturated carbocycles. The van der Waals surface area contributed by atoms with Crippen LogP contribution in [0.15, 0.2) is 12.1 Å². The van der Waals surface area contributed by atoms with Gasteiger partial charge >= 0.3 is 0 Å². The highest BCUT2D eigenvalue weighted by molar-refractivity contribution is 6.29. The highest BCUT2D eigenvalue weighted by Gasteiger charge is 2.34. The number of carbonyl (C=O) groups excluding carboxylic acids is 1. The van der Waals surface area contributed by atoms with E-state index in [1.54, 1.807) is 12.1 Å². The molecule has 18 heavy (non-hydrogen) atoms. The molecule has 2 rings (SSSR count). The Morgan fingerprint density at radius 2 is 2.11 bits per heavy atom. The van der Waals surface area contributed by atoms with Gasteiger partial charge in [0, 0.05) is 19.1 Å². The fourth-order valence-corrected chi connectivity index (χ4v) is 2.48. The van der Waals surface area contributed by atoms with E-state index in [1.165, 1.54) is 0 Å². The average Bonchev–Trinajstić information content (AvgIpc) is 2.71. The van der Waals surface area contributed by atoms with Crippen LogP contribution in [0.2, 0.25) is 5.15 Å². The molecule has 2 heterocycles. The number of hydrogen-bond acceptors (Lipinski definition) is 4. The number of likely N-dealkylation sites (N-methyl/N-ethyl adjacent to an activating group) is 1. The molecule has 1 amide bonds. The highest BCUT2D eigenvalue weighted by atomic mass is 35.5. The Morgan fingerprint density at radius 3 is 2.61 bits per heavy atom. The van der Waals surface area contributed by atoms with Crippen LogP contribution in [0.3, 0.4) is 0 Å². The van der Waals surface area contributed by atoms with Gasteiger partial charge in [-0.25, -0.2) is 0 Å². The maximum absolute atomic E-state index is 12.2. The summed E-state index contributed by atoms with van der Waals surface area (Å²) in [4.78, 5) is 16.2. The molecule has 1 aromatic heterocycles. The lowest BCUT2D eigenvalue weighted by atomic mass is 10.1. The summed E-state index contributed by atoms with van der Waals surface area (Å²) in [5, 5.41) is 7.83. The Bertz CT molecular complexity index is 434. The van der Waals surface area contributed by atoms with Gasteiger partial charge in [0.05, 0.1) is 0 Å². The van der Waals surface area contributed by atoms with Gasteiger partial charge in [-0.15, -0.1) is 10.2 Å². The minimum atomic E-state index is -0.0737. The summed E-state index contributed by atoms with van der Waals surface area (Å²) < 4.78 is 0. The van der Waals surface area contributed by atoms with E-state index in [9.17, 15) is 4.79 Å². The molecule has 0 radical (unpaired) electrons. The first-order chi connectivity index (χ1) is 8.49. The predicted molar refractivity (Wildman–Crippen MR) is 69.6 cm³/mol. The minimum Gasteiger partial charge on any atom is -0.335 e. The van der Waals surface area contributed by atoms with E-state index < -0.39 is 0 Å². The quantitative estimate of drug-likeness (QED) is 0.807. The standard InChI is InChI=1S/C12H17ClN4O/c1-8-6-17(7-10(8)16(2)3)12(18)9-4-5-11(13)15-14-9/h4-5,8,10H,6-7H2,1-3H3. The third-order valence-corrected chi connectivity index (χ3v) is 3.58. The van der Waals surface area contributed by atoms with Gasteiger partial charge in [-0.05, 0) is 32.1 Å². The van der Waals surface area contributed by atoms with Crippen molar-refractivity contribution in [2.45, 2.75) is 13.0 Å². The van der Waals surface area contributed by atoms with Gasteiger partial charge in [0.1, 0.15) is 0 Å².